The van der Waals surface area contributed by atoms with E-state index in [2.05, 4.69) is 22.0 Å². The highest BCUT2D eigenvalue weighted by Crippen LogP contribution is 2.16. The highest BCUT2D eigenvalue weighted by molar-refractivity contribution is 14.0. The number of hydrogen-bond acceptors (Lipinski definition) is 3. The molecule has 1 N–H and O–H groups in total. The van der Waals surface area contributed by atoms with E-state index in [1.54, 1.807) is 24.3 Å². The van der Waals surface area contributed by atoms with Crippen molar-refractivity contribution in [3.63, 3.8) is 0 Å². The molecule has 0 spiro atoms. The van der Waals surface area contributed by atoms with Crippen molar-refractivity contribution in [2.45, 2.75) is 26.5 Å². The Kier molecular flexibility index (Phi) is 10.1. The Balaban J connectivity index is 0.00000338. The summed E-state index contributed by atoms with van der Waals surface area (Å²) in [7, 11) is 4.12. The van der Waals surface area contributed by atoms with Crippen LogP contribution in [-0.2, 0) is 6.54 Å². The van der Waals surface area contributed by atoms with Crippen LogP contribution in [0.2, 0.25) is 0 Å². The minimum atomic E-state index is -2.80. The van der Waals surface area contributed by atoms with Crippen molar-refractivity contribution < 1.29 is 13.5 Å². The maximum absolute atomic E-state index is 12.2. The van der Waals surface area contributed by atoms with E-state index < -0.39 is 6.61 Å². The number of halogens is 3. The van der Waals surface area contributed by atoms with Gasteiger partial charge in [-0.05, 0) is 50.6 Å². The van der Waals surface area contributed by atoms with Crippen molar-refractivity contribution >= 4 is 29.9 Å². The van der Waals surface area contributed by atoms with Crippen LogP contribution in [0.4, 0.5) is 8.78 Å². The van der Waals surface area contributed by atoms with Crippen LogP contribution in [0.5, 0.6) is 5.75 Å². The number of benzene rings is 1. The molecule has 0 amide bonds. The molecule has 0 aromatic heterocycles. The average Bonchev–Trinajstić information content (AvgIpc) is 2.98. The van der Waals surface area contributed by atoms with Crippen LogP contribution >= 0.6 is 24.0 Å². The molecule has 5 nitrogen and oxygen atoms in total. The van der Waals surface area contributed by atoms with Crippen molar-refractivity contribution in [2.75, 3.05) is 40.3 Å². The molecule has 1 aromatic rings. The molecule has 2 rings (SSSR count). The number of alkyl halides is 2. The zero-order chi connectivity index (χ0) is 18.2. The number of likely N-dealkylation sites (tertiary alicyclic amines) is 1. The largest absolute Gasteiger partial charge is 0.435 e. The van der Waals surface area contributed by atoms with E-state index >= 15 is 0 Å². The van der Waals surface area contributed by atoms with Crippen LogP contribution in [-0.4, -0.2) is 62.6 Å². The molecule has 1 aliphatic rings. The summed E-state index contributed by atoms with van der Waals surface area (Å²) < 4.78 is 28.8. The van der Waals surface area contributed by atoms with Gasteiger partial charge in [-0.15, -0.1) is 24.0 Å². The first kappa shape index (κ1) is 22.9. The summed E-state index contributed by atoms with van der Waals surface area (Å²) in [6.45, 7) is 3.75. The normalized spacial score (nSPS) is 17.9. The second-order valence-electron chi connectivity index (χ2n) is 6.49. The van der Waals surface area contributed by atoms with Crippen molar-refractivity contribution in [3.8, 4) is 5.75 Å². The molecular weight excluding hydrogens is 453 g/mol. The number of ether oxygens (including phenoxy) is 1. The van der Waals surface area contributed by atoms with Crippen molar-refractivity contribution in [3.05, 3.63) is 29.8 Å². The molecule has 8 heteroatoms. The summed E-state index contributed by atoms with van der Waals surface area (Å²) in [5.41, 5.74) is 1.01. The number of nitrogens with zero attached hydrogens (tertiary/aromatic N) is 3. The number of rotatable bonds is 7. The summed E-state index contributed by atoms with van der Waals surface area (Å²) in [5, 5.41) is 3.31. The van der Waals surface area contributed by atoms with Gasteiger partial charge < -0.3 is 19.9 Å². The van der Waals surface area contributed by atoms with E-state index in [1.807, 2.05) is 18.9 Å². The van der Waals surface area contributed by atoms with Gasteiger partial charge in [-0.1, -0.05) is 12.1 Å². The topological polar surface area (TPSA) is 40.1 Å². The predicted molar refractivity (Wildman–Crippen MR) is 112 cm³/mol. The van der Waals surface area contributed by atoms with Gasteiger partial charge in [-0.2, -0.15) is 8.78 Å². The molecule has 1 aliphatic heterocycles. The number of nitrogens with one attached hydrogen (secondary N) is 1. The van der Waals surface area contributed by atoms with E-state index in [1.165, 1.54) is 6.42 Å². The Morgan fingerprint density at radius 3 is 2.62 bits per heavy atom. The van der Waals surface area contributed by atoms with Crippen molar-refractivity contribution in [2.24, 2.45) is 10.9 Å². The van der Waals surface area contributed by atoms with Crippen LogP contribution in [0.1, 0.15) is 18.9 Å². The second kappa shape index (κ2) is 11.5. The predicted octanol–water partition coefficient (Wildman–Crippen LogP) is 3.26. The summed E-state index contributed by atoms with van der Waals surface area (Å²) in [5.74, 6) is 1.65. The molecule has 148 valence electrons. The first-order chi connectivity index (χ1) is 12.0. The smallest absolute Gasteiger partial charge is 0.387 e. The maximum Gasteiger partial charge on any atom is 0.387 e. The van der Waals surface area contributed by atoms with Gasteiger partial charge in [0, 0.05) is 33.2 Å². The van der Waals surface area contributed by atoms with E-state index in [-0.39, 0.29) is 29.7 Å². The van der Waals surface area contributed by atoms with Crippen LogP contribution in [0.25, 0.3) is 0 Å². The number of guanidine groups is 1. The Morgan fingerprint density at radius 2 is 2.08 bits per heavy atom. The van der Waals surface area contributed by atoms with Gasteiger partial charge in [-0.25, -0.2) is 0 Å². The third-order valence-electron chi connectivity index (χ3n) is 4.25. The van der Waals surface area contributed by atoms with Crippen molar-refractivity contribution in [1.82, 2.24) is 15.1 Å². The fourth-order valence-corrected chi connectivity index (χ4v) is 2.99. The average molecular weight is 482 g/mol. The van der Waals surface area contributed by atoms with Crippen molar-refractivity contribution in [1.29, 1.82) is 0 Å². The molecular formula is C18H29F2IN4O. The summed E-state index contributed by atoms with van der Waals surface area (Å²) in [6.07, 6.45) is 1.19. The fraction of sp³-hybridized carbons (Fsp3) is 0.611. The Bertz CT molecular complexity index is 557. The summed E-state index contributed by atoms with van der Waals surface area (Å²) in [6, 6.07) is 6.72. The third kappa shape index (κ3) is 7.61. The minimum Gasteiger partial charge on any atom is -0.435 e. The molecule has 0 aliphatic carbocycles. The molecule has 0 saturated carbocycles. The van der Waals surface area contributed by atoms with E-state index in [0.29, 0.717) is 12.5 Å². The van der Waals surface area contributed by atoms with Gasteiger partial charge in [0.05, 0.1) is 0 Å². The minimum absolute atomic E-state index is 0. The summed E-state index contributed by atoms with van der Waals surface area (Å²) in [4.78, 5) is 9.14. The zero-order valence-corrected chi connectivity index (χ0v) is 18.0. The molecule has 1 unspecified atom stereocenters. The zero-order valence-electron chi connectivity index (χ0n) is 15.6. The van der Waals surface area contributed by atoms with Gasteiger partial charge in [-0.3, -0.25) is 4.99 Å². The molecule has 1 saturated heterocycles. The lowest BCUT2D eigenvalue weighted by atomic mass is 10.1. The molecule has 26 heavy (non-hydrogen) atoms. The molecule has 1 fully saturated rings. The molecule has 0 bridgehead atoms. The van der Waals surface area contributed by atoms with Gasteiger partial charge in [0.1, 0.15) is 5.75 Å². The fourth-order valence-electron chi connectivity index (χ4n) is 2.99. The lowest BCUT2D eigenvalue weighted by Crippen LogP contribution is -2.38. The SMILES string of the molecule is CCNC(=NCC1CCN(C)C1)N(C)Cc1ccc(OC(F)F)cc1.I. The molecule has 1 heterocycles. The third-order valence-corrected chi connectivity index (χ3v) is 4.25. The maximum atomic E-state index is 12.2. The molecule has 1 aromatic carbocycles. The van der Waals surface area contributed by atoms with Crippen LogP contribution in [0, 0.1) is 5.92 Å². The first-order valence-corrected chi connectivity index (χ1v) is 8.69. The highest BCUT2D eigenvalue weighted by atomic mass is 127. The van der Waals surface area contributed by atoms with E-state index in [4.69, 9.17) is 4.99 Å². The second-order valence-corrected chi connectivity index (χ2v) is 6.49. The molecule has 0 radical (unpaired) electrons. The van der Waals surface area contributed by atoms with Gasteiger partial charge in [0.25, 0.3) is 0 Å². The Morgan fingerprint density at radius 1 is 1.38 bits per heavy atom. The lowest BCUT2D eigenvalue weighted by Gasteiger charge is -2.23. The number of hydrogen-bond donors (Lipinski definition) is 1. The Labute approximate surface area is 171 Å². The van der Waals surface area contributed by atoms with Crippen LogP contribution in [0.3, 0.4) is 0 Å². The van der Waals surface area contributed by atoms with Crippen LogP contribution in [0.15, 0.2) is 29.3 Å². The highest BCUT2D eigenvalue weighted by Gasteiger charge is 2.19. The van der Waals surface area contributed by atoms with E-state index in [9.17, 15) is 8.78 Å². The van der Waals surface area contributed by atoms with Gasteiger partial charge in [0.15, 0.2) is 5.96 Å². The summed E-state index contributed by atoms with van der Waals surface area (Å²) >= 11 is 0. The van der Waals surface area contributed by atoms with Crippen LogP contribution < -0.4 is 10.1 Å². The monoisotopic (exact) mass is 482 g/mol. The van der Waals surface area contributed by atoms with Gasteiger partial charge >= 0.3 is 6.61 Å². The lowest BCUT2D eigenvalue weighted by molar-refractivity contribution is -0.0498. The standard InChI is InChI=1S/C18H28F2N4O.HI/c1-4-21-18(22-11-15-9-10-23(2)12-15)24(3)13-14-5-7-16(8-6-14)25-17(19)20;/h5-8,15,17H,4,9-13H2,1-3H3,(H,21,22);1H. The first-order valence-electron chi connectivity index (χ1n) is 8.69. The molecule has 1 atom stereocenters. The van der Waals surface area contributed by atoms with E-state index in [0.717, 1.165) is 37.7 Å². The number of aliphatic imine (C=N–C) groups is 1. The van der Waals surface area contributed by atoms with Gasteiger partial charge in [0.2, 0.25) is 0 Å². The Hall–Kier alpha value is -1.16. The quantitative estimate of drug-likeness (QED) is 0.368.